The number of hydrogen-bond acceptors (Lipinski definition) is 7. The third kappa shape index (κ3) is 4.83. The summed E-state index contributed by atoms with van der Waals surface area (Å²) >= 11 is 0. The van der Waals surface area contributed by atoms with Crippen LogP contribution in [0.1, 0.15) is 34.6 Å². The molecule has 30 heavy (non-hydrogen) atoms. The lowest BCUT2D eigenvalue weighted by molar-refractivity contribution is -0.193. The van der Waals surface area contributed by atoms with Gasteiger partial charge in [-0.1, -0.05) is 36.4 Å². The van der Waals surface area contributed by atoms with Gasteiger partial charge >= 0.3 is 17.9 Å². The minimum Gasteiger partial charge on any atom is -0.459 e. The molecule has 0 aliphatic carbocycles. The molecule has 0 spiro atoms. The Hall–Kier alpha value is -3.26. The first-order valence-electron chi connectivity index (χ1n) is 9.29. The van der Waals surface area contributed by atoms with Gasteiger partial charge in [0.05, 0.1) is 11.1 Å². The highest BCUT2D eigenvalue weighted by atomic mass is 19.1. The summed E-state index contributed by atoms with van der Waals surface area (Å²) in [6, 6.07) is 16.2. The minimum absolute atomic E-state index is 0.212. The normalized spacial score (nSPS) is 25.4. The van der Waals surface area contributed by atoms with E-state index in [9.17, 15) is 14.4 Å². The highest BCUT2D eigenvalue weighted by Crippen LogP contribution is 2.38. The standard InChI is InChI=1S/C22H21FO7/c1-14(24)28-21-22(2,23)18(30-20(26)16-11-7-4-8-12-16)17(29-21)13-27-19(25)15-9-5-3-6-10-15/h3-12,17-18,21H,13H2,1-2H3/t17-,18?,21?,22?/m1/s1. The summed E-state index contributed by atoms with van der Waals surface area (Å²) in [6.45, 7) is 1.80. The quantitative estimate of drug-likeness (QED) is 0.528. The van der Waals surface area contributed by atoms with Crippen molar-refractivity contribution in [1.82, 2.24) is 0 Å². The first kappa shape index (κ1) is 21.4. The zero-order valence-electron chi connectivity index (χ0n) is 16.4. The van der Waals surface area contributed by atoms with E-state index in [0.717, 1.165) is 13.8 Å². The Morgan fingerprint density at radius 3 is 2.00 bits per heavy atom. The molecule has 3 unspecified atom stereocenters. The first-order valence-corrected chi connectivity index (χ1v) is 9.29. The highest BCUT2D eigenvalue weighted by molar-refractivity contribution is 5.90. The Labute approximate surface area is 172 Å². The van der Waals surface area contributed by atoms with Crippen LogP contribution in [0, 0.1) is 0 Å². The monoisotopic (exact) mass is 416 g/mol. The third-order valence-electron chi connectivity index (χ3n) is 4.56. The molecule has 0 bridgehead atoms. The predicted molar refractivity (Wildman–Crippen MR) is 102 cm³/mol. The number of carbonyl (C=O) groups excluding carboxylic acids is 3. The van der Waals surface area contributed by atoms with Crippen LogP contribution in [0.15, 0.2) is 60.7 Å². The summed E-state index contributed by atoms with van der Waals surface area (Å²) in [5.41, 5.74) is -1.85. The average Bonchev–Trinajstić information content (AvgIpc) is 2.96. The zero-order valence-corrected chi connectivity index (χ0v) is 16.4. The van der Waals surface area contributed by atoms with Crippen LogP contribution in [0.5, 0.6) is 0 Å². The summed E-state index contributed by atoms with van der Waals surface area (Å²) in [7, 11) is 0. The maximum atomic E-state index is 15.5. The molecule has 0 saturated carbocycles. The largest absolute Gasteiger partial charge is 0.459 e. The molecule has 3 rings (SSSR count). The molecule has 2 aromatic rings. The van der Waals surface area contributed by atoms with Gasteiger partial charge in [0, 0.05) is 6.92 Å². The van der Waals surface area contributed by atoms with E-state index in [0.29, 0.717) is 5.56 Å². The maximum absolute atomic E-state index is 15.5. The van der Waals surface area contributed by atoms with Crippen molar-refractivity contribution in [3.63, 3.8) is 0 Å². The van der Waals surface area contributed by atoms with E-state index in [2.05, 4.69) is 0 Å². The van der Waals surface area contributed by atoms with Gasteiger partial charge in [-0.2, -0.15) is 0 Å². The van der Waals surface area contributed by atoms with Crippen LogP contribution in [0.3, 0.4) is 0 Å². The number of rotatable bonds is 6. The molecule has 1 fully saturated rings. The van der Waals surface area contributed by atoms with E-state index < -0.39 is 48.7 Å². The fourth-order valence-electron chi connectivity index (χ4n) is 3.05. The van der Waals surface area contributed by atoms with Crippen molar-refractivity contribution >= 4 is 17.9 Å². The van der Waals surface area contributed by atoms with Crippen molar-refractivity contribution in [2.75, 3.05) is 6.61 Å². The molecule has 1 aliphatic heterocycles. The Morgan fingerprint density at radius 1 is 0.933 bits per heavy atom. The van der Waals surface area contributed by atoms with Crippen molar-refractivity contribution in [3.8, 4) is 0 Å². The van der Waals surface area contributed by atoms with Gasteiger partial charge < -0.3 is 18.9 Å². The number of benzene rings is 2. The summed E-state index contributed by atoms with van der Waals surface area (Å²) in [6.07, 6.45) is -4.27. The molecule has 1 heterocycles. The summed E-state index contributed by atoms with van der Waals surface area (Å²) in [5.74, 6) is -2.20. The van der Waals surface area contributed by atoms with Gasteiger partial charge in [0.1, 0.15) is 12.7 Å². The van der Waals surface area contributed by atoms with E-state index in [1.165, 1.54) is 12.1 Å². The number of carbonyl (C=O) groups is 3. The molecule has 0 amide bonds. The Balaban J connectivity index is 1.76. The van der Waals surface area contributed by atoms with Crippen LogP contribution < -0.4 is 0 Å². The van der Waals surface area contributed by atoms with Crippen molar-refractivity contribution in [3.05, 3.63) is 71.8 Å². The lowest BCUT2D eigenvalue weighted by Gasteiger charge is -2.26. The minimum atomic E-state index is -2.36. The number of esters is 3. The maximum Gasteiger partial charge on any atom is 0.338 e. The molecule has 1 saturated heterocycles. The smallest absolute Gasteiger partial charge is 0.338 e. The molecule has 2 aromatic carbocycles. The molecule has 0 radical (unpaired) electrons. The molecule has 0 N–H and O–H groups in total. The van der Waals surface area contributed by atoms with Crippen molar-refractivity contribution in [2.45, 2.75) is 38.0 Å². The molecule has 1 aliphatic rings. The molecule has 7 nitrogen and oxygen atoms in total. The van der Waals surface area contributed by atoms with Gasteiger partial charge in [-0.25, -0.2) is 14.0 Å². The fraction of sp³-hybridized carbons (Fsp3) is 0.318. The molecule has 8 heteroatoms. The van der Waals surface area contributed by atoms with Crippen LogP contribution in [-0.4, -0.2) is 48.7 Å². The van der Waals surface area contributed by atoms with Gasteiger partial charge in [0.25, 0.3) is 0 Å². The van der Waals surface area contributed by atoms with E-state index in [1.807, 2.05) is 0 Å². The molecule has 158 valence electrons. The van der Waals surface area contributed by atoms with Crippen molar-refractivity contribution < 1.29 is 37.7 Å². The fourth-order valence-corrected chi connectivity index (χ4v) is 3.05. The molecule has 0 aromatic heterocycles. The topological polar surface area (TPSA) is 88.1 Å². The predicted octanol–water partition coefficient (Wildman–Crippen LogP) is 3.09. The number of ether oxygens (including phenoxy) is 4. The van der Waals surface area contributed by atoms with Gasteiger partial charge in [-0.3, -0.25) is 4.79 Å². The van der Waals surface area contributed by atoms with Crippen LogP contribution in [0.2, 0.25) is 0 Å². The number of halogens is 1. The lowest BCUT2D eigenvalue weighted by atomic mass is 9.99. The second-order valence-corrected chi connectivity index (χ2v) is 6.92. The van der Waals surface area contributed by atoms with Crippen LogP contribution in [0.4, 0.5) is 4.39 Å². The van der Waals surface area contributed by atoms with Crippen molar-refractivity contribution in [2.24, 2.45) is 0 Å². The molecule has 4 atom stereocenters. The molecular weight excluding hydrogens is 395 g/mol. The van der Waals surface area contributed by atoms with Crippen LogP contribution >= 0.6 is 0 Å². The van der Waals surface area contributed by atoms with Gasteiger partial charge in [0.2, 0.25) is 12.0 Å². The van der Waals surface area contributed by atoms with Gasteiger partial charge in [0.15, 0.2) is 6.10 Å². The summed E-state index contributed by atoms with van der Waals surface area (Å²) in [4.78, 5) is 36.0. The van der Waals surface area contributed by atoms with Gasteiger partial charge in [-0.05, 0) is 31.2 Å². The first-order chi connectivity index (χ1) is 14.3. The molecular formula is C22H21FO7. The lowest BCUT2D eigenvalue weighted by Crippen LogP contribution is -2.46. The van der Waals surface area contributed by atoms with E-state index in [4.69, 9.17) is 18.9 Å². The van der Waals surface area contributed by atoms with E-state index in [1.54, 1.807) is 48.5 Å². The zero-order chi connectivity index (χ0) is 21.7. The van der Waals surface area contributed by atoms with Crippen molar-refractivity contribution in [1.29, 1.82) is 0 Å². The third-order valence-corrected chi connectivity index (χ3v) is 4.56. The summed E-state index contributed by atoms with van der Waals surface area (Å²) < 4.78 is 36.4. The Morgan fingerprint density at radius 2 is 1.47 bits per heavy atom. The Kier molecular flexibility index (Phi) is 6.47. The van der Waals surface area contributed by atoms with Crippen LogP contribution in [-0.2, 0) is 23.7 Å². The SMILES string of the molecule is CC(=O)OC1O[C@H](COC(=O)c2ccccc2)C(OC(=O)c2ccccc2)C1(C)F. The van der Waals surface area contributed by atoms with Crippen LogP contribution in [0.25, 0.3) is 0 Å². The second kappa shape index (κ2) is 9.04. The van der Waals surface area contributed by atoms with E-state index >= 15 is 4.39 Å². The second-order valence-electron chi connectivity index (χ2n) is 6.92. The van der Waals surface area contributed by atoms with Gasteiger partial charge in [-0.15, -0.1) is 0 Å². The summed E-state index contributed by atoms with van der Waals surface area (Å²) in [5, 5.41) is 0. The number of alkyl halides is 1. The average molecular weight is 416 g/mol. The van der Waals surface area contributed by atoms with E-state index in [-0.39, 0.29) is 5.56 Å². The Bertz CT molecular complexity index is 898. The highest BCUT2D eigenvalue weighted by Gasteiger charge is 2.59. The number of hydrogen-bond donors (Lipinski definition) is 0.